The standard InChI is InChI=1S/C15H22N4O/c1-4-9-19-15(17-11-18-19)10-20-14-7-5-13(6-8-14)12(2)16-3/h5-8,11-12,16H,4,9-10H2,1-3H3. The van der Waals surface area contributed by atoms with Crippen LogP contribution in [0.4, 0.5) is 0 Å². The molecule has 5 nitrogen and oxygen atoms in total. The van der Waals surface area contributed by atoms with Crippen molar-refractivity contribution in [1.29, 1.82) is 0 Å². The van der Waals surface area contributed by atoms with E-state index < -0.39 is 0 Å². The molecule has 5 heteroatoms. The van der Waals surface area contributed by atoms with Crippen molar-refractivity contribution in [2.24, 2.45) is 0 Å². The monoisotopic (exact) mass is 274 g/mol. The van der Waals surface area contributed by atoms with Gasteiger partial charge in [-0.15, -0.1) is 0 Å². The first-order valence-electron chi connectivity index (χ1n) is 7.01. The minimum atomic E-state index is 0.344. The van der Waals surface area contributed by atoms with Gasteiger partial charge in [-0.05, 0) is 38.1 Å². The maximum Gasteiger partial charge on any atom is 0.164 e. The van der Waals surface area contributed by atoms with Crippen molar-refractivity contribution in [1.82, 2.24) is 20.1 Å². The molecule has 1 atom stereocenters. The predicted octanol–water partition coefficient (Wildman–Crippen LogP) is 2.55. The molecule has 1 N–H and O–H groups in total. The van der Waals surface area contributed by atoms with Gasteiger partial charge < -0.3 is 10.1 Å². The summed E-state index contributed by atoms with van der Waals surface area (Å²) in [5.74, 6) is 1.71. The Balaban J connectivity index is 1.95. The number of hydrogen-bond donors (Lipinski definition) is 1. The first-order valence-corrected chi connectivity index (χ1v) is 7.01. The van der Waals surface area contributed by atoms with Gasteiger partial charge in [-0.25, -0.2) is 9.67 Å². The van der Waals surface area contributed by atoms with Crippen LogP contribution in [0.3, 0.4) is 0 Å². The van der Waals surface area contributed by atoms with Gasteiger partial charge >= 0.3 is 0 Å². The number of rotatable bonds is 7. The van der Waals surface area contributed by atoms with Crippen molar-refractivity contribution in [3.05, 3.63) is 42.0 Å². The summed E-state index contributed by atoms with van der Waals surface area (Å²) in [6, 6.07) is 8.48. The first-order chi connectivity index (χ1) is 9.74. The Kier molecular flexibility index (Phi) is 5.12. The van der Waals surface area contributed by atoms with Crippen molar-refractivity contribution in [3.8, 4) is 5.75 Å². The average molecular weight is 274 g/mol. The Morgan fingerprint density at radius 3 is 2.70 bits per heavy atom. The van der Waals surface area contributed by atoms with Gasteiger partial charge in [-0.1, -0.05) is 19.1 Å². The number of aryl methyl sites for hydroxylation is 1. The van der Waals surface area contributed by atoms with Crippen molar-refractivity contribution < 1.29 is 4.74 Å². The lowest BCUT2D eigenvalue weighted by atomic mass is 10.1. The molecule has 0 saturated heterocycles. The average Bonchev–Trinajstić information content (AvgIpc) is 2.92. The number of benzene rings is 1. The Hall–Kier alpha value is -1.88. The highest BCUT2D eigenvalue weighted by atomic mass is 16.5. The maximum atomic E-state index is 5.76. The molecular formula is C15H22N4O. The summed E-state index contributed by atoms with van der Waals surface area (Å²) in [5, 5.41) is 7.40. The lowest BCUT2D eigenvalue weighted by Gasteiger charge is -2.12. The second kappa shape index (κ2) is 7.05. The summed E-state index contributed by atoms with van der Waals surface area (Å²) >= 11 is 0. The zero-order valence-electron chi connectivity index (χ0n) is 12.3. The molecule has 0 aliphatic rings. The maximum absolute atomic E-state index is 5.76. The van der Waals surface area contributed by atoms with Crippen LogP contribution in [0.25, 0.3) is 0 Å². The molecular weight excluding hydrogens is 252 g/mol. The second-order valence-electron chi connectivity index (χ2n) is 4.77. The first kappa shape index (κ1) is 14.5. The number of aromatic nitrogens is 3. The van der Waals surface area contributed by atoms with Crippen LogP contribution >= 0.6 is 0 Å². The van der Waals surface area contributed by atoms with E-state index in [0.717, 1.165) is 24.5 Å². The van der Waals surface area contributed by atoms with E-state index in [2.05, 4.69) is 41.4 Å². The van der Waals surface area contributed by atoms with Gasteiger partial charge in [0.25, 0.3) is 0 Å². The van der Waals surface area contributed by atoms with E-state index in [1.165, 1.54) is 5.56 Å². The fraction of sp³-hybridized carbons (Fsp3) is 0.467. The van der Waals surface area contributed by atoms with Crippen LogP contribution in [-0.4, -0.2) is 21.8 Å². The zero-order valence-corrected chi connectivity index (χ0v) is 12.3. The summed E-state index contributed by atoms with van der Waals surface area (Å²) in [5.41, 5.74) is 1.24. The smallest absolute Gasteiger partial charge is 0.164 e. The third-order valence-electron chi connectivity index (χ3n) is 3.31. The highest BCUT2D eigenvalue weighted by Crippen LogP contribution is 2.18. The fourth-order valence-electron chi connectivity index (χ4n) is 1.97. The van der Waals surface area contributed by atoms with Crippen molar-refractivity contribution in [2.75, 3.05) is 7.05 Å². The summed E-state index contributed by atoms with van der Waals surface area (Å²) in [7, 11) is 1.95. The van der Waals surface area contributed by atoms with Crippen LogP contribution in [0.2, 0.25) is 0 Å². The van der Waals surface area contributed by atoms with Crippen molar-refractivity contribution >= 4 is 0 Å². The molecule has 1 heterocycles. The SMILES string of the molecule is CCCn1ncnc1COc1ccc(C(C)NC)cc1. The van der Waals surface area contributed by atoms with Crippen LogP contribution in [0.5, 0.6) is 5.75 Å². The quantitative estimate of drug-likeness (QED) is 0.843. The van der Waals surface area contributed by atoms with E-state index in [-0.39, 0.29) is 0 Å². The van der Waals surface area contributed by atoms with Gasteiger partial charge in [-0.2, -0.15) is 5.10 Å². The molecule has 108 valence electrons. The molecule has 1 unspecified atom stereocenters. The molecule has 0 bridgehead atoms. The molecule has 0 saturated carbocycles. The topological polar surface area (TPSA) is 52.0 Å². The normalized spacial score (nSPS) is 12.3. The van der Waals surface area contributed by atoms with Gasteiger partial charge in [-0.3, -0.25) is 0 Å². The molecule has 2 aromatic rings. The molecule has 0 radical (unpaired) electrons. The Morgan fingerprint density at radius 2 is 2.05 bits per heavy atom. The van der Waals surface area contributed by atoms with Gasteiger partial charge in [0.15, 0.2) is 5.82 Å². The summed E-state index contributed by atoms with van der Waals surface area (Å²) in [4.78, 5) is 4.23. The second-order valence-corrected chi connectivity index (χ2v) is 4.77. The largest absolute Gasteiger partial charge is 0.486 e. The van der Waals surface area contributed by atoms with Gasteiger partial charge in [0.2, 0.25) is 0 Å². The van der Waals surface area contributed by atoms with Gasteiger partial charge in [0, 0.05) is 12.6 Å². The number of hydrogen-bond acceptors (Lipinski definition) is 4. The highest BCUT2D eigenvalue weighted by molar-refractivity contribution is 5.28. The molecule has 1 aromatic carbocycles. The van der Waals surface area contributed by atoms with E-state index >= 15 is 0 Å². The Bertz CT molecular complexity index is 521. The van der Waals surface area contributed by atoms with E-state index in [4.69, 9.17) is 4.74 Å². The van der Waals surface area contributed by atoms with Gasteiger partial charge in [0.1, 0.15) is 18.7 Å². The van der Waals surface area contributed by atoms with Crippen LogP contribution in [-0.2, 0) is 13.2 Å². The third-order valence-corrected chi connectivity index (χ3v) is 3.31. The lowest BCUT2D eigenvalue weighted by Crippen LogP contribution is -2.12. The molecule has 0 aliphatic carbocycles. The molecule has 1 aromatic heterocycles. The number of nitrogens with zero attached hydrogens (tertiary/aromatic N) is 3. The fourth-order valence-corrected chi connectivity index (χ4v) is 1.97. The minimum Gasteiger partial charge on any atom is -0.486 e. The van der Waals surface area contributed by atoms with E-state index in [1.807, 2.05) is 23.9 Å². The highest BCUT2D eigenvalue weighted by Gasteiger charge is 2.05. The summed E-state index contributed by atoms with van der Waals surface area (Å²) in [6.45, 7) is 5.56. The van der Waals surface area contributed by atoms with Crippen LogP contribution in [0.15, 0.2) is 30.6 Å². The molecule has 20 heavy (non-hydrogen) atoms. The Labute approximate surface area is 120 Å². The molecule has 2 rings (SSSR count). The van der Waals surface area contributed by atoms with Gasteiger partial charge in [0.05, 0.1) is 0 Å². The zero-order chi connectivity index (χ0) is 14.4. The van der Waals surface area contributed by atoms with E-state index in [9.17, 15) is 0 Å². The van der Waals surface area contributed by atoms with E-state index in [0.29, 0.717) is 12.6 Å². The predicted molar refractivity (Wildman–Crippen MR) is 78.6 cm³/mol. The molecule has 0 aliphatic heterocycles. The summed E-state index contributed by atoms with van der Waals surface area (Å²) < 4.78 is 7.65. The molecule has 0 amide bonds. The molecule has 0 spiro atoms. The number of ether oxygens (including phenoxy) is 1. The van der Waals surface area contributed by atoms with Crippen molar-refractivity contribution in [2.45, 2.75) is 39.5 Å². The Morgan fingerprint density at radius 1 is 1.30 bits per heavy atom. The third kappa shape index (κ3) is 3.57. The van der Waals surface area contributed by atoms with Crippen LogP contribution in [0.1, 0.15) is 37.7 Å². The minimum absolute atomic E-state index is 0.344. The van der Waals surface area contributed by atoms with Crippen molar-refractivity contribution in [3.63, 3.8) is 0 Å². The van der Waals surface area contributed by atoms with E-state index in [1.54, 1.807) is 6.33 Å². The van der Waals surface area contributed by atoms with Crippen LogP contribution < -0.4 is 10.1 Å². The van der Waals surface area contributed by atoms with Crippen LogP contribution in [0, 0.1) is 0 Å². The lowest BCUT2D eigenvalue weighted by molar-refractivity contribution is 0.286. The molecule has 0 fully saturated rings. The number of nitrogens with one attached hydrogen (secondary N) is 1. The summed E-state index contributed by atoms with van der Waals surface area (Å²) in [6.07, 6.45) is 2.61.